The van der Waals surface area contributed by atoms with Crippen molar-refractivity contribution in [1.29, 1.82) is 0 Å². The monoisotopic (exact) mass is 430 g/mol. The van der Waals surface area contributed by atoms with Crippen molar-refractivity contribution in [2.45, 2.75) is 42.9 Å². The second-order valence-corrected chi connectivity index (χ2v) is 9.19. The van der Waals surface area contributed by atoms with Crippen molar-refractivity contribution in [3.8, 4) is 0 Å². The van der Waals surface area contributed by atoms with Gasteiger partial charge in [0.05, 0.1) is 0 Å². The predicted octanol–water partition coefficient (Wildman–Crippen LogP) is 6.61. The lowest BCUT2D eigenvalue weighted by Crippen LogP contribution is -2.24. The first-order valence-electron chi connectivity index (χ1n) is 11.2. The molecule has 3 nitrogen and oxygen atoms in total. The zero-order chi connectivity index (χ0) is 21.3. The molecule has 0 aromatic heterocycles. The summed E-state index contributed by atoms with van der Waals surface area (Å²) in [5.74, 6) is 0.851. The van der Waals surface area contributed by atoms with Crippen LogP contribution in [-0.4, -0.2) is 23.9 Å². The molecular formula is C27H30N2OS. The van der Waals surface area contributed by atoms with Gasteiger partial charge in [0.15, 0.2) is 0 Å². The van der Waals surface area contributed by atoms with Crippen molar-refractivity contribution in [3.05, 3.63) is 95.6 Å². The summed E-state index contributed by atoms with van der Waals surface area (Å²) in [5, 5.41) is 3.01. The van der Waals surface area contributed by atoms with Crippen LogP contribution in [0.4, 0.5) is 5.69 Å². The number of thioether (sulfide) groups is 1. The van der Waals surface area contributed by atoms with Crippen molar-refractivity contribution in [2.75, 3.05) is 18.4 Å². The van der Waals surface area contributed by atoms with E-state index in [1.807, 2.05) is 42.1 Å². The largest absolute Gasteiger partial charge is 0.322 e. The van der Waals surface area contributed by atoms with E-state index in [1.54, 1.807) is 0 Å². The van der Waals surface area contributed by atoms with E-state index in [0.29, 0.717) is 5.56 Å². The number of likely N-dealkylation sites (tertiary alicyclic amines) is 1. The normalized spacial score (nSPS) is 14.7. The van der Waals surface area contributed by atoms with Gasteiger partial charge in [0.2, 0.25) is 0 Å². The Hall–Kier alpha value is -2.56. The van der Waals surface area contributed by atoms with Gasteiger partial charge in [-0.25, -0.2) is 0 Å². The number of nitrogens with one attached hydrogen (secondary N) is 1. The van der Waals surface area contributed by atoms with Crippen LogP contribution < -0.4 is 5.32 Å². The van der Waals surface area contributed by atoms with E-state index in [2.05, 4.69) is 58.7 Å². The lowest BCUT2D eigenvalue weighted by atomic mass is 10.1. The first-order chi connectivity index (χ1) is 15.3. The summed E-state index contributed by atoms with van der Waals surface area (Å²) in [4.78, 5) is 16.4. The summed E-state index contributed by atoms with van der Waals surface area (Å²) < 4.78 is 0. The number of hydrogen-bond donors (Lipinski definition) is 1. The van der Waals surface area contributed by atoms with E-state index in [0.717, 1.165) is 18.0 Å². The summed E-state index contributed by atoms with van der Waals surface area (Å²) in [7, 11) is 0. The van der Waals surface area contributed by atoms with Crippen molar-refractivity contribution in [3.63, 3.8) is 0 Å². The van der Waals surface area contributed by atoms with Crippen LogP contribution in [0, 0.1) is 0 Å². The molecular weight excluding hydrogens is 400 g/mol. The summed E-state index contributed by atoms with van der Waals surface area (Å²) >= 11 is 1.81. The van der Waals surface area contributed by atoms with Gasteiger partial charge in [0.25, 0.3) is 5.91 Å². The third kappa shape index (κ3) is 6.71. The van der Waals surface area contributed by atoms with E-state index in [-0.39, 0.29) is 5.91 Å². The molecule has 1 fully saturated rings. The van der Waals surface area contributed by atoms with Crippen LogP contribution in [-0.2, 0) is 12.3 Å². The zero-order valence-corrected chi connectivity index (χ0v) is 18.7. The quantitative estimate of drug-likeness (QED) is 0.428. The van der Waals surface area contributed by atoms with E-state index >= 15 is 0 Å². The van der Waals surface area contributed by atoms with Gasteiger partial charge in [-0.05, 0) is 73.5 Å². The molecule has 3 aromatic carbocycles. The van der Waals surface area contributed by atoms with Crippen LogP contribution in [0.15, 0.2) is 83.8 Å². The Kier molecular flexibility index (Phi) is 7.81. The van der Waals surface area contributed by atoms with Crippen molar-refractivity contribution in [1.82, 2.24) is 4.90 Å². The molecule has 31 heavy (non-hydrogen) atoms. The van der Waals surface area contributed by atoms with E-state index < -0.39 is 0 Å². The number of amides is 1. The van der Waals surface area contributed by atoms with Gasteiger partial charge in [-0.3, -0.25) is 9.69 Å². The fourth-order valence-electron chi connectivity index (χ4n) is 3.88. The van der Waals surface area contributed by atoms with E-state index in [1.165, 1.54) is 54.8 Å². The smallest absolute Gasteiger partial charge is 0.255 e. The molecule has 1 aliphatic heterocycles. The molecule has 1 aliphatic rings. The number of carbonyl (C=O) groups is 1. The average Bonchev–Trinajstić information content (AvgIpc) is 3.08. The molecule has 160 valence electrons. The minimum absolute atomic E-state index is 0.0623. The number of hydrogen-bond acceptors (Lipinski definition) is 3. The highest BCUT2D eigenvalue weighted by atomic mass is 32.2. The first-order valence-corrected chi connectivity index (χ1v) is 12.1. The Labute approximate surface area is 189 Å². The van der Waals surface area contributed by atoms with Crippen LogP contribution in [0.3, 0.4) is 0 Å². The third-order valence-electron chi connectivity index (χ3n) is 5.68. The number of nitrogens with zero attached hydrogens (tertiary/aromatic N) is 1. The average molecular weight is 431 g/mol. The van der Waals surface area contributed by atoms with Crippen molar-refractivity contribution < 1.29 is 4.79 Å². The topological polar surface area (TPSA) is 32.3 Å². The second kappa shape index (κ2) is 11.2. The minimum atomic E-state index is -0.0623. The number of rotatable bonds is 7. The van der Waals surface area contributed by atoms with Gasteiger partial charge < -0.3 is 5.32 Å². The fraction of sp³-hybridized carbons (Fsp3) is 0.296. The molecule has 0 spiro atoms. The van der Waals surface area contributed by atoms with Gasteiger partial charge in [-0.1, -0.05) is 55.3 Å². The molecule has 0 unspecified atom stereocenters. The van der Waals surface area contributed by atoms with Crippen molar-refractivity contribution in [2.24, 2.45) is 0 Å². The minimum Gasteiger partial charge on any atom is -0.322 e. The Morgan fingerprint density at radius 2 is 1.42 bits per heavy atom. The maximum absolute atomic E-state index is 12.6. The number of carbonyl (C=O) groups excluding carboxylic acids is 1. The number of anilines is 1. The lowest BCUT2D eigenvalue weighted by molar-refractivity contribution is 0.102. The standard InChI is InChI=1S/C27H30N2OS/c30-27(24-14-10-22(11-15-24)20-29-18-6-1-2-7-19-29)28-25-16-12-23(13-17-25)21-31-26-8-4-3-5-9-26/h3-5,8-17H,1-2,6-7,18-21H2,(H,28,30). The number of benzene rings is 3. The van der Waals surface area contributed by atoms with E-state index in [4.69, 9.17) is 0 Å². The fourth-order valence-corrected chi connectivity index (χ4v) is 4.76. The molecule has 0 atom stereocenters. The molecule has 1 heterocycles. The van der Waals surface area contributed by atoms with Gasteiger partial charge in [0, 0.05) is 28.4 Å². The molecule has 1 saturated heterocycles. The summed E-state index contributed by atoms with van der Waals surface area (Å²) in [6, 6.07) is 26.6. The molecule has 1 N–H and O–H groups in total. The van der Waals surface area contributed by atoms with E-state index in [9.17, 15) is 4.79 Å². The van der Waals surface area contributed by atoms with Crippen LogP contribution in [0.1, 0.15) is 47.2 Å². The maximum atomic E-state index is 12.6. The summed E-state index contributed by atoms with van der Waals surface area (Å²) in [6.45, 7) is 3.34. The van der Waals surface area contributed by atoms with Gasteiger partial charge >= 0.3 is 0 Å². The Morgan fingerprint density at radius 3 is 2.10 bits per heavy atom. The molecule has 3 aromatic rings. The zero-order valence-electron chi connectivity index (χ0n) is 17.9. The molecule has 0 bridgehead atoms. The molecule has 1 amide bonds. The van der Waals surface area contributed by atoms with Crippen molar-refractivity contribution >= 4 is 23.4 Å². The first kappa shape index (κ1) is 21.7. The van der Waals surface area contributed by atoms with Crippen LogP contribution >= 0.6 is 11.8 Å². The highest BCUT2D eigenvalue weighted by Crippen LogP contribution is 2.23. The Morgan fingerprint density at radius 1 is 0.774 bits per heavy atom. The van der Waals surface area contributed by atoms with Crippen LogP contribution in [0.2, 0.25) is 0 Å². The summed E-state index contributed by atoms with van der Waals surface area (Å²) in [6.07, 6.45) is 5.29. The molecule has 4 rings (SSSR count). The second-order valence-electron chi connectivity index (χ2n) is 8.14. The Balaban J connectivity index is 1.28. The molecule has 0 saturated carbocycles. The maximum Gasteiger partial charge on any atom is 0.255 e. The SMILES string of the molecule is O=C(Nc1ccc(CSc2ccccc2)cc1)c1ccc(CN2CCCCCC2)cc1. The Bertz CT molecular complexity index is 947. The summed E-state index contributed by atoms with van der Waals surface area (Å²) in [5.41, 5.74) is 4.04. The van der Waals surface area contributed by atoms with Gasteiger partial charge in [-0.15, -0.1) is 11.8 Å². The molecule has 0 aliphatic carbocycles. The molecule has 0 radical (unpaired) electrons. The van der Waals surface area contributed by atoms with Gasteiger partial charge in [-0.2, -0.15) is 0 Å². The third-order valence-corrected chi connectivity index (χ3v) is 6.76. The highest BCUT2D eigenvalue weighted by molar-refractivity contribution is 7.98. The predicted molar refractivity (Wildman–Crippen MR) is 131 cm³/mol. The van der Waals surface area contributed by atoms with Gasteiger partial charge in [0.1, 0.15) is 0 Å². The highest BCUT2D eigenvalue weighted by Gasteiger charge is 2.11. The van der Waals surface area contributed by atoms with Crippen LogP contribution in [0.5, 0.6) is 0 Å². The lowest BCUT2D eigenvalue weighted by Gasteiger charge is -2.19. The van der Waals surface area contributed by atoms with Crippen LogP contribution in [0.25, 0.3) is 0 Å². The molecule has 4 heteroatoms.